The molecule has 7 nitrogen and oxygen atoms in total. The van der Waals surface area contributed by atoms with E-state index in [9.17, 15) is 4.79 Å². The third-order valence-corrected chi connectivity index (χ3v) is 6.16. The van der Waals surface area contributed by atoms with E-state index in [1.54, 1.807) is 30.3 Å². The highest BCUT2D eigenvalue weighted by Gasteiger charge is 2.36. The third-order valence-electron chi connectivity index (χ3n) is 4.71. The summed E-state index contributed by atoms with van der Waals surface area (Å²) < 4.78 is 11.5. The lowest BCUT2D eigenvalue weighted by Gasteiger charge is -2.19. The van der Waals surface area contributed by atoms with Crippen molar-refractivity contribution in [2.45, 2.75) is 0 Å². The van der Waals surface area contributed by atoms with Crippen LogP contribution in [0.3, 0.4) is 0 Å². The number of benzene rings is 2. The Morgan fingerprint density at radius 3 is 2.76 bits per heavy atom. The molecule has 0 unspecified atom stereocenters. The number of hydrogen-bond acceptors (Lipinski definition) is 6. The van der Waals surface area contributed by atoms with E-state index in [-0.39, 0.29) is 18.0 Å². The van der Waals surface area contributed by atoms with Gasteiger partial charge in [-0.3, -0.25) is 10.2 Å². The zero-order valence-corrected chi connectivity index (χ0v) is 19.1. The summed E-state index contributed by atoms with van der Waals surface area (Å²) in [6.07, 6.45) is 1.46. The maximum absolute atomic E-state index is 12.6. The molecule has 0 saturated heterocycles. The minimum absolute atomic E-state index is 0.0615. The molecule has 1 amide bonds. The Bertz CT molecular complexity index is 1370. The molecule has 1 aromatic heterocycles. The zero-order chi connectivity index (χ0) is 22.9. The Morgan fingerprint density at radius 1 is 1.12 bits per heavy atom. The highest BCUT2D eigenvalue weighted by atomic mass is 35.5. The first-order chi connectivity index (χ1) is 16.0. The van der Waals surface area contributed by atoms with Crippen LogP contribution in [0.2, 0.25) is 10.0 Å². The second kappa shape index (κ2) is 8.90. The van der Waals surface area contributed by atoms with Crippen molar-refractivity contribution in [3.8, 4) is 17.1 Å². The van der Waals surface area contributed by atoms with Gasteiger partial charge in [0.1, 0.15) is 28.9 Å². The number of ether oxygens (including phenoxy) is 1. The Hall–Kier alpha value is -3.33. The first kappa shape index (κ1) is 21.5. The number of carbonyl (C=O) groups is 1. The number of para-hydroxylation sites is 1. The molecule has 0 fully saturated rings. The molecule has 0 radical (unpaired) electrons. The minimum Gasteiger partial charge on any atom is -0.487 e. The van der Waals surface area contributed by atoms with Gasteiger partial charge in [-0.05, 0) is 60.3 Å². The maximum Gasteiger partial charge on any atom is 0.283 e. The Labute approximate surface area is 202 Å². The molecule has 33 heavy (non-hydrogen) atoms. The van der Waals surface area contributed by atoms with Crippen LogP contribution < -0.4 is 4.74 Å². The van der Waals surface area contributed by atoms with Gasteiger partial charge in [0, 0.05) is 10.6 Å². The Morgan fingerprint density at radius 2 is 1.94 bits per heavy atom. The number of nitrogens with one attached hydrogen (secondary N) is 1. The number of amidine groups is 2. The summed E-state index contributed by atoms with van der Waals surface area (Å²) in [5.74, 6) is 0.927. The number of aliphatic imine (C=N–C) groups is 1. The van der Waals surface area contributed by atoms with Gasteiger partial charge in [-0.25, -0.2) is 0 Å². The lowest BCUT2D eigenvalue weighted by atomic mass is 10.1. The Kier molecular flexibility index (Phi) is 5.80. The number of furan rings is 1. The molecule has 164 valence electrons. The normalized spacial score (nSPS) is 16.7. The van der Waals surface area contributed by atoms with Crippen LogP contribution in [0.4, 0.5) is 0 Å². The standard InChI is InChI=1S/C23H14Cl2N4O3S/c24-13-6-8-18(25)16(10-13)19-9-7-15(32-19)11-17-21(26)29-23(27-22(17)30)33-20(28-29)12-31-14-4-2-1-3-5-14/h1-11,26H,12H2. The molecule has 0 bridgehead atoms. The summed E-state index contributed by atoms with van der Waals surface area (Å²) in [4.78, 5) is 16.7. The molecular weight excluding hydrogens is 483 g/mol. The van der Waals surface area contributed by atoms with Crippen molar-refractivity contribution in [1.29, 1.82) is 5.41 Å². The predicted molar refractivity (Wildman–Crippen MR) is 131 cm³/mol. The third kappa shape index (κ3) is 4.45. The van der Waals surface area contributed by atoms with Crippen LogP contribution in [0.1, 0.15) is 5.76 Å². The number of amides is 1. The second-order valence-electron chi connectivity index (χ2n) is 6.94. The van der Waals surface area contributed by atoms with Gasteiger partial charge in [-0.2, -0.15) is 15.1 Å². The number of fused-ring (bicyclic) bond motifs is 1. The highest BCUT2D eigenvalue weighted by Crippen LogP contribution is 2.33. The molecule has 2 aromatic carbocycles. The van der Waals surface area contributed by atoms with Gasteiger partial charge in [0.25, 0.3) is 5.91 Å². The summed E-state index contributed by atoms with van der Waals surface area (Å²) in [6, 6.07) is 17.8. The number of halogens is 2. The largest absolute Gasteiger partial charge is 0.487 e. The molecule has 0 aliphatic carbocycles. The van der Waals surface area contributed by atoms with Gasteiger partial charge in [0.2, 0.25) is 5.17 Å². The highest BCUT2D eigenvalue weighted by molar-refractivity contribution is 8.27. The summed E-state index contributed by atoms with van der Waals surface area (Å²) >= 11 is 13.5. The zero-order valence-electron chi connectivity index (χ0n) is 16.8. The lowest BCUT2D eigenvalue weighted by molar-refractivity contribution is -0.114. The Balaban J connectivity index is 1.36. The first-order valence-electron chi connectivity index (χ1n) is 9.70. The molecule has 3 aromatic rings. The van der Waals surface area contributed by atoms with Crippen LogP contribution in [0.25, 0.3) is 17.4 Å². The maximum atomic E-state index is 12.6. The van der Waals surface area contributed by atoms with Crippen molar-refractivity contribution in [2.75, 3.05) is 6.61 Å². The van der Waals surface area contributed by atoms with Crippen molar-refractivity contribution in [3.63, 3.8) is 0 Å². The van der Waals surface area contributed by atoms with E-state index >= 15 is 0 Å². The smallest absolute Gasteiger partial charge is 0.283 e. The second-order valence-corrected chi connectivity index (χ2v) is 8.83. The molecule has 1 N–H and O–H groups in total. The van der Waals surface area contributed by atoms with Crippen LogP contribution in [0.15, 0.2) is 80.7 Å². The summed E-state index contributed by atoms with van der Waals surface area (Å²) in [7, 11) is 0. The van der Waals surface area contributed by atoms with E-state index in [1.807, 2.05) is 30.3 Å². The van der Waals surface area contributed by atoms with Gasteiger partial charge >= 0.3 is 0 Å². The number of carbonyl (C=O) groups excluding carboxylic acids is 1. The molecule has 0 spiro atoms. The van der Waals surface area contributed by atoms with Gasteiger partial charge in [0.05, 0.1) is 10.6 Å². The van der Waals surface area contributed by atoms with Crippen LogP contribution in [0, 0.1) is 5.41 Å². The summed E-state index contributed by atoms with van der Waals surface area (Å²) in [5, 5.41) is 16.1. The number of hydrazone groups is 1. The van der Waals surface area contributed by atoms with Crippen LogP contribution in [0.5, 0.6) is 5.75 Å². The first-order valence-corrected chi connectivity index (χ1v) is 11.3. The fraction of sp³-hybridized carbons (Fsp3) is 0.0435. The average molecular weight is 497 g/mol. The topological polar surface area (TPSA) is 91.2 Å². The molecule has 2 aliphatic rings. The van der Waals surface area contributed by atoms with E-state index < -0.39 is 5.91 Å². The van der Waals surface area contributed by atoms with E-state index in [4.69, 9.17) is 37.8 Å². The van der Waals surface area contributed by atoms with Crippen molar-refractivity contribution in [3.05, 3.63) is 82.0 Å². The van der Waals surface area contributed by atoms with Gasteiger partial charge in [-0.15, -0.1) is 0 Å². The number of rotatable bonds is 5. The molecule has 0 atom stereocenters. The predicted octanol–water partition coefficient (Wildman–Crippen LogP) is 5.95. The average Bonchev–Trinajstić information content (AvgIpc) is 3.44. The monoisotopic (exact) mass is 496 g/mol. The van der Waals surface area contributed by atoms with E-state index in [0.29, 0.717) is 43.1 Å². The molecule has 3 heterocycles. The molecule has 5 rings (SSSR count). The van der Waals surface area contributed by atoms with Gasteiger partial charge in [0.15, 0.2) is 5.84 Å². The van der Waals surface area contributed by atoms with Gasteiger partial charge in [-0.1, -0.05) is 41.4 Å². The van der Waals surface area contributed by atoms with E-state index in [0.717, 1.165) is 0 Å². The minimum atomic E-state index is -0.544. The summed E-state index contributed by atoms with van der Waals surface area (Å²) in [6.45, 7) is 0.201. The molecule has 10 heteroatoms. The van der Waals surface area contributed by atoms with Crippen LogP contribution >= 0.6 is 35.0 Å². The molecule has 2 aliphatic heterocycles. The molecular formula is C23H14Cl2N4O3S. The van der Waals surface area contributed by atoms with Crippen molar-refractivity contribution in [1.82, 2.24) is 5.01 Å². The fourth-order valence-corrected chi connectivity index (χ4v) is 4.34. The van der Waals surface area contributed by atoms with Crippen molar-refractivity contribution >= 4 is 63.0 Å². The summed E-state index contributed by atoms with van der Waals surface area (Å²) in [5.41, 5.74) is 0.689. The van der Waals surface area contributed by atoms with Gasteiger partial charge < -0.3 is 9.15 Å². The number of thioether (sulfide) groups is 1. The fourth-order valence-electron chi connectivity index (χ4n) is 3.16. The molecule has 0 saturated carbocycles. The van der Waals surface area contributed by atoms with E-state index in [1.165, 1.54) is 22.8 Å². The van der Waals surface area contributed by atoms with Crippen LogP contribution in [-0.2, 0) is 4.79 Å². The van der Waals surface area contributed by atoms with Crippen molar-refractivity contribution < 1.29 is 13.9 Å². The lowest BCUT2D eigenvalue weighted by Crippen LogP contribution is -2.35. The quantitative estimate of drug-likeness (QED) is 0.440. The number of nitrogens with zero attached hydrogens (tertiary/aromatic N) is 3. The number of hydrogen-bond donors (Lipinski definition) is 1. The van der Waals surface area contributed by atoms with Crippen molar-refractivity contribution in [2.24, 2.45) is 10.1 Å². The SMILES string of the molecule is N=C1C(=Cc2ccc(-c3cc(Cl)ccc3Cl)o2)C(=O)N=C2SC(COc3ccccc3)=NN12. The van der Waals surface area contributed by atoms with E-state index in [2.05, 4.69) is 10.1 Å². The van der Waals surface area contributed by atoms with Crippen LogP contribution in [-0.4, -0.2) is 33.6 Å².